The van der Waals surface area contributed by atoms with E-state index in [1.165, 1.54) is 0 Å². The third kappa shape index (κ3) is 4.17. The van der Waals surface area contributed by atoms with Crippen LogP contribution in [0.15, 0.2) is 29.4 Å². The zero-order chi connectivity index (χ0) is 14.3. The van der Waals surface area contributed by atoms with E-state index in [1.807, 2.05) is 6.92 Å². The summed E-state index contributed by atoms with van der Waals surface area (Å²) in [5.74, 6) is -0.285. The highest BCUT2D eigenvalue weighted by Crippen LogP contribution is 2.17. The SMILES string of the molecule is CCCC(C(=O)Nc1ccc(OC)cc1)C(N)=NO. The summed E-state index contributed by atoms with van der Waals surface area (Å²) in [6.07, 6.45) is 1.29. The Morgan fingerprint density at radius 1 is 1.47 bits per heavy atom. The Morgan fingerprint density at radius 3 is 2.58 bits per heavy atom. The number of hydrogen-bond acceptors (Lipinski definition) is 4. The lowest BCUT2D eigenvalue weighted by Gasteiger charge is -2.14. The van der Waals surface area contributed by atoms with Crippen LogP contribution in [0.25, 0.3) is 0 Å². The molecule has 1 unspecified atom stereocenters. The fourth-order valence-electron chi connectivity index (χ4n) is 1.68. The van der Waals surface area contributed by atoms with E-state index in [-0.39, 0.29) is 11.7 Å². The molecule has 1 aromatic rings. The molecule has 0 spiro atoms. The summed E-state index contributed by atoms with van der Waals surface area (Å²) in [6.45, 7) is 1.93. The summed E-state index contributed by atoms with van der Waals surface area (Å²) in [5, 5.41) is 14.3. The third-order valence-corrected chi connectivity index (χ3v) is 2.72. The highest BCUT2D eigenvalue weighted by molar-refractivity contribution is 6.07. The summed E-state index contributed by atoms with van der Waals surface area (Å²) >= 11 is 0. The van der Waals surface area contributed by atoms with Crippen LogP contribution in [0, 0.1) is 5.92 Å². The van der Waals surface area contributed by atoms with E-state index in [4.69, 9.17) is 15.7 Å². The monoisotopic (exact) mass is 265 g/mol. The van der Waals surface area contributed by atoms with Gasteiger partial charge in [-0.2, -0.15) is 0 Å². The number of amidine groups is 1. The molecular formula is C13H19N3O3. The Morgan fingerprint density at radius 2 is 2.11 bits per heavy atom. The van der Waals surface area contributed by atoms with Crippen LogP contribution in [0.2, 0.25) is 0 Å². The summed E-state index contributed by atoms with van der Waals surface area (Å²) in [6, 6.07) is 6.94. The number of ether oxygens (including phenoxy) is 1. The molecule has 1 amide bonds. The fraction of sp³-hybridized carbons (Fsp3) is 0.385. The van der Waals surface area contributed by atoms with Gasteiger partial charge in [-0.3, -0.25) is 4.79 Å². The summed E-state index contributed by atoms with van der Waals surface area (Å²) in [5.41, 5.74) is 6.16. The first-order valence-corrected chi connectivity index (χ1v) is 6.04. The first kappa shape index (κ1) is 14.8. The minimum Gasteiger partial charge on any atom is -0.497 e. The molecule has 0 aliphatic rings. The molecule has 19 heavy (non-hydrogen) atoms. The van der Waals surface area contributed by atoms with Gasteiger partial charge in [0.25, 0.3) is 0 Å². The smallest absolute Gasteiger partial charge is 0.235 e. The minimum absolute atomic E-state index is 0.0761. The number of methoxy groups -OCH3 is 1. The van der Waals surface area contributed by atoms with E-state index < -0.39 is 5.92 Å². The van der Waals surface area contributed by atoms with Crippen LogP contribution in [0.1, 0.15) is 19.8 Å². The molecule has 0 aromatic heterocycles. The van der Waals surface area contributed by atoms with Crippen molar-refractivity contribution in [2.75, 3.05) is 12.4 Å². The predicted molar refractivity (Wildman–Crippen MR) is 73.4 cm³/mol. The lowest BCUT2D eigenvalue weighted by atomic mass is 10.0. The fourth-order valence-corrected chi connectivity index (χ4v) is 1.68. The van der Waals surface area contributed by atoms with Crippen LogP contribution in [-0.2, 0) is 4.79 Å². The van der Waals surface area contributed by atoms with Gasteiger partial charge in [-0.25, -0.2) is 0 Å². The van der Waals surface area contributed by atoms with Gasteiger partial charge in [0.05, 0.1) is 13.0 Å². The number of hydrogen-bond donors (Lipinski definition) is 3. The van der Waals surface area contributed by atoms with E-state index in [0.29, 0.717) is 17.9 Å². The molecule has 0 saturated heterocycles. The highest BCUT2D eigenvalue weighted by Gasteiger charge is 2.22. The van der Waals surface area contributed by atoms with Crippen LogP contribution in [-0.4, -0.2) is 24.1 Å². The Kier molecular flexibility index (Phi) is 5.66. The Labute approximate surface area is 112 Å². The standard InChI is InChI=1S/C13H19N3O3/c1-3-4-11(12(14)16-18)13(17)15-9-5-7-10(19-2)8-6-9/h5-8,11,18H,3-4H2,1-2H3,(H2,14,16)(H,15,17). The van der Waals surface area contributed by atoms with Gasteiger partial charge < -0.3 is 21.0 Å². The van der Waals surface area contributed by atoms with E-state index in [2.05, 4.69) is 10.5 Å². The molecular weight excluding hydrogens is 246 g/mol. The Balaban J connectivity index is 2.75. The van der Waals surface area contributed by atoms with Crippen LogP contribution in [0.4, 0.5) is 5.69 Å². The quantitative estimate of drug-likeness (QED) is 0.316. The van der Waals surface area contributed by atoms with Crippen molar-refractivity contribution in [1.29, 1.82) is 0 Å². The van der Waals surface area contributed by atoms with E-state index >= 15 is 0 Å². The number of nitrogens with zero attached hydrogens (tertiary/aromatic N) is 1. The number of nitrogens with one attached hydrogen (secondary N) is 1. The molecule has 4 N–H and O–H groups in total. The molecule has 1 atom stereocenters. The summed E-state index contributed by atoms with van der Waals surface area (Å²) in [7, 11) is 1.57. The molecule has 0 fully saturated rings. The number of anilines is 1. The van der Waals surface area contributed by atoms with Gasteiger partial charge in [0, 0.05) is 5.69 Å². The normalized spacial score (nSPS) is 12.8. The maximum Gasteiger partial charge on any atom is 0.235 e. The first-order valence-electron chi connectivity index (χ1n) is 6.04. The van der Waals surface area contributed by atoms with Gasteiger partial charge in [0.15, 0.2) is 5.84 Å². The van der Waals surface area contributed by atoms with Crippen molar-refractivity contribution in [2.24, 2.45) is 16.8 Å². The van der Waals surface area contributed by atoms with Crippen LogP contribution in [0.3, 0.4) is 0 Å². The topological polar surface area (TPSA) is 96.9 Å². The molecule has 0 saturated carbocycles. The van der Waals surface area contributed by atoms with Crippen molar-refractivity contribution in [3.05, 3.63) is 24.3 Å². The second-order valence-electron chi connectivity index (χ2n) is 4.08. The molecule has 6 nitrogen and oxygen atoms in total. The zero-order valence-electron chi connectivity index (χ0n) is 11.1. The Hall–Kier alpha value is -2.24. The average Bonchev–Trinajstić information content (AvgIpc) is 2.44. The molecule has 0 bridgehead atoms. The number of carbonyl (C=O) groups is 1. The summed E-state index contributed by atoms with van der Waals surface area (Å²) in [4.78, 5) is 12.0. The molecule has 104 valence electrons. The zero-order valence-corrected chi connectivity index (χ0v) is 11.1. The number of amides is 1. The lowest BCUT2D eigenvalue weighted by Crippen LogP contribution is -2.34. The maximum atomic E-state index is 12.0. The van der Waals surface area contributed by atoms with Gasteiger partial charge >= 0.3 is 0 Å². The Bertz CT molecular complexity index is 443. The van der Waals surface area contributed by atoms with Gasteiger partial charge in [-0.1, -0.05) is 18.5 Å². The molecule has 0 aliphatic carbocycles. The minimum atomic E-state index is -0.628. The molecule has 1 aromatic carbocycles. The van der Waals surface area contributed by atoms with Gasteiger partial charge in [-0.05, 0) is 30.7 Å². The number of carbonyl (C=O) groups excluding carboxylic acids is 1. The lowest BCUT2D eigenvalue weighted by molar-refractivity contribution is -0.118. The van der Waals surface area contributed by atoms with Crippen LogP contribution >= 0.6 is 0 Å². The molecule has 0 aliphatic heterocycles. The average molecular weight is 265 g/mol. The maximum absolute atomic E-state index is 12.0. The van der Waals surface area contributed by atoms with E-state index in [9.17, 15) is 4.79 Å². The van der Waals surface area contributed by atoms with Crippen molar-refractivity contribution in [1.82, 2.24) is 0 Å². The number of nitrogens with two attached hydrogens (primary N) is 1. The van der Waals surface area contributed by atoms with Crippen molar-refractivity contribution in [3.63, 3.8) is 0 Å². The first-order chi connectivity index (χ1) is 9.12. The van der Waals surface area contributed by atoms with Crippen LogP contribution < -0.4 is 15.8 Å². The van der Waals surface area contributed by atoms with E-state index in [0.717, 1.165) is 6.42 Å². The second-order valence-corrected chi connectivity index (χ2v) is 4.08. The van der Waals surface area contributed by atoms with Gasteiger partial charge in [0.1, 0.15) is 5.75 Å². The largest absolute Gasteiger partial charge is 0.497 e. The predicted octanol–water partition coefficient (Wildman–Crippen LogP) is 1.80. The van der Waals surface area contributed by atoms with Crippen molar-refractivity contribution in [2.45, 2.75) is 19.8 Å². The van der Waals surface area contributed by atoms with Crippen molar-refractivity contribution in [3.8, 4) is 5.75 Å². The molecule has 6 heteroatoms. The van der Waals surface area contributed by atoms with Crippen LogP contribution in [0.5, 0.6) is 5.75 Å². The number of benzene rings is 1. The van der Waals surface area contributed by atoms with Crippen molar-refractivity contribution >= 4 is 17.4 Å². The number of oxime groups is 1. The molecule has 0 heterocycles. The number of rotatable bonds is 6. The molecule has 1 rings (SSSR count). The summed E-state index contributed by atoms with van der Waals surface area (Å²) < 4.78 is 5.03. The van der Waals surface area contributed by atoms with Gasteiger partial charge in [0.2, 0.25) is 5.91 Å². The van der Waals surface area contributed by atoms with E-state index in [1.54, 1.807) is 31.4 Å². The molecule has 0 radical (unpaired) electrons. The second kappa shape index (κ2) is 7.25. The van der Waals surface area contributed by atoms with Crippen molar-refractivity contribution < 1.29 is 14.7 Å². The third-order valence-electron chi connectivity index (χ3n) is 2.72. The highest BCUT2D eigenvalue weighted by atomic mass is 16.5. The van der Waals surface area contributed by atoms with Gasteiger partial charge in [-0.15, -0.1) is 0 Å².